The maximum atomic E-state index is 14.6. The van der Waals surface area contributed by atoms with E-state index in [1.807, 2.05) is 6.08 Å². The number of halogens is 8. The molecule has 2 fully saturated rings. The summed E-state index contributed by atoms with van der Waals surface area (Å²) >= 11 is 25.4. The molecular weight excluding hydrogens is 734 g/mol. The second kappa shape index (κ2) is 12.7. The molecule has 3 aromatic carbocycles. The number of carbonyl (C=O) groups is 3. The van der Waals surface area contributed by atoms with Gasteiger partial charge >= 0.3 is 0 Å². The molecule has 0 aromatic heterocycles. The molecule has 4 aliphatic rings. The van der Waals surface area contributed by atoms with E-state index in [2.05, 4.69) is 10.3 Å². The molecule has 0 N–H and O–H groups in total. The van der Waals surface area contributed by atoms with Gasteiger partial charge < -0.3 is 0 Å². The zero-order valence-electron chi connectivity index (χ0n) is 24.7. The van der Waals surface area contributed by atoms with Crippen LogP contribution in [0.4, 0.5) is 23.2 Å². The van der Waals surface area contributed by atoms with Crippen LogP contribution in [0, 0.1) is 29.2 Å². The standard InChI is InChI=1S/C32H20Cl4F4N6O3/c33-15-5-4-13(19(35)9-15)8-14-2-1-3-18-26(14)42-46(28(18)17-7-6-16(34)10-20(17)36)23(47)12-44-30-27(41-43-44)31(48)45(32(30)49)29-24(39)21(37)11-22(38)25(29)40/h4-11,18,27-28,30H,1-3,12H2/b14-8+/t18-,27+,28+,30-/m1/s1. The lowest BCUT2D eigenvalue weighted by atomic mass is 9.77. The van der Waals surface area contributed by atoms with E-state index in [0.29, 0.717) is 44.7 Å². The first-order chi connectivity index (χ1) is 23.3. The van der Waals surface area contributed by atoms with Gasteiger partial charge in [0.15, 0.2) is 35.4 Å². The van der Waals surface area contributed by atoms with E-state index in [4.69, 9.17) is 51.5 Å². The minimum Gasteiger partial charge on any atom is -0.271 e. The summed E-state index contributed by atoms with van der Waals surface area (Å²) < 4.78 is 57.3. The fourth-order valence-corrected chi connectivity index (χ4v) is 7.59. The lowest BCUT2D eigenvalue weighted by Gasteiger charge is -2.31. The average Bonchev–Trinajstić information content (AvgIpc) is 3.72. The van der Waals surface area contributed by atoms with Crippen molar-refractivity contribution in [3.05, 3.63) is 103 Å². The zero-order valence-corrected chi connectivity index (χ0v) is 27.7. The fraction of sp³-hybridized carbons (Fsp3) is 0.250. The topological polar surface area (TPSA) is 98.0 Å². The number of anilines is 1. The van der Waals surface area contributed by atoms with Crippen LogP contribution in [0.2, 0.25) is 20.1 Å². The van der Waals surface area contributed by atoms with E-state index in [1.54, 1.807) is 30.3 Å². The van der Waals surface area contributed by atoms with Crippen LogP contribution in [0.3, 0.4) is 0 Å². The van der Waals surface area contributed by atoms with Gasteiger partial charge in [0.1, 0.15) is 12.2 Å². The van der Waals surface area contributed by atoms with Gasteiger partial charge in [-0.05, 0) is 66.3 Å². The van der Waals surface area contributed by atoms with Gasteiger partial charge in [0.05, 0.1) is 11.8 Å². The van der Waals surface area contributed by atoms with Crippen molar-refractivity contribution in [1.29, 1.82) is 0 Å². The molecule has 1 saturated carbocycles. The lowest BCUT2D eigenvalue weighted by Crippen LogP contribution is -2.45. The fourth-order valence-electron chi connectivity index (χ4n) is 6.61. The number of imide groups is 1. The Bertz CT molecular complexity index is 2040. The predicted molar refractivity (Wildman–Crippen MR) is 173 cm³/mol. The molecule has 1 saturated heterocycles. The van der Waals surface area contributed by atoms with Crippen LogP contribution in [0.25, 0.3) is 6.08 Å². The Morgan fingerprint density at radius 1 is 0.878 bits per heavy atom. The molecule has 17 heteroatoms. The van der Waals surface area contributed by atoms with Crippen molar-refractivity contribution >= 4 is 81.6 Å². The van der Waals surface area contributed by atoms with Crippen LogP contribution in [0.5, 0.6) is 0 Å². The largest absolute Gasteiger partial charge is 0.271 e. The highest BCUT2D eigenvalue weighted by atomic mass is 35.5. The highest BCUT2D eigenvalue weighted by Gasteiger charge is 2.57. The second-order valence-corrected chi connectivity index (χ2v) is 13.4. The number of hydrogen-bond acceptors (Lipinski definition) is 7. The van der Waals surface area contributed by atoms with Crippen molar-refractivity contribution in [2.24, 2.45) is 21.4 Å². The molecule has 3 heterocycles. The first-order valence-electron chi connectivity index (χ1n) is 14.8. The van der Waals surface area contributed by atoms with Crippen LogP contribution in [-0.2, 0) is 14.4 Å². The van der Waals surface area contributed by atoms with E-state index >= 15 is 0 Å². The number of fused-ring (bicyclic) bond motifs is 2. The number of amides is 3. The normalized spacial score (nSPS) is 23.9. The van der Waals surface area contributed by atoms with Crippen molar-refractivity contribution in [2.75, 3.05) is 11.4 Å². The molecule has 0 unspecified atom stereocenters. The van der Waals surface area contributed by atoms with Gasteiger partial charge in [-0.1, -0.05) is 63.8 Å². The number of rotatable bonds is 5. The predicted octanol–water partition coefficient (Wildman–Crippen LogP) is 7.97. The third-order valence-corrected chi connectivity index (χ3v) is 9.92. The van der Waals surface area contributed by atoms with Crippen molar-refractivity contribution in [2.45, 2.75) is 37.4 Å². The average molecular weight is 754 g/mol. The minimum absolute atomic E-state index is 0.0122. The number of hydrazone groups is 1. The maximum Gasteiger partial charge on any atom is 0.264 e. The van der Waals surface area contributed by atoms with Crippen molar-refractivity contribution < 1.29 is 31.9 Å². The SMILES string of the molecule is O=C1[C@H]2N=NN(CC(=O)N3N=C4/C(=C/c5ccc(Cl)cc5Cl)CCC[C@H]4[C@@H]3c3ccc(Cl)cc3Cl)[C@H]2C(=O)N1c1c(F)c(F)cc(F)c1F. The maximum absolute atomic E-state index is 14.6. The number of allylic oxidation sites excluding steroid dienone is 1. The van der Waals surface area contributed by atoms with Crippen molar-refractivity contribution in [3.8, 4) is 0 Å². The second-order valence-electron chi connectivity index (χ2n) is 11.7. The summed E-state index contributed by atoms with van der Waals surface area (Å²) in [6.07, 6.45) is 3.88. The molecule has 7 rings (SSSR count). The van der Waals surface area contributed by atoms with Crippen molar-refractivity contribution in [1.82, 2.24) is 10.0 Å². The van der Waals surface area contributed by atoms with E-state index < -0.39 is 71.3 Å². The molecule has 49 heavy (non-hydrogen) atoms. The van der Waals surface area contributed by atoms with E-state index in [9.17, 15) is 31.9 Å². The summed E-state index contributed by atoms with van der Waals surface area (Å²) in [6.45, 7) is -0.659. The number of hydrogen-bond donors (Lipinski definition) is 0. The summed E-state index contributed by atoms with van der Waals surface area (Å²) in [5, 5.41) is 16.0. The number of nitrogens with zero attached hydrogens (tertiary/aromatic N) is 6. The van der Waals surface area contributed by atoms with E-state index in [0.717, 1.165) is 17.0 Å². The quantitative estimate of drug-likeness (QED) is 0.150. The van der Waals surface area contributed by atoms with E-state index in [1.165, 1.54) is 11.1 Å². The molecule has 3 aromatic rings. The van der Waals surface area contributed by atoms with Crippen LogP contribution >= 0.6 is 46.4 Å². The van der Waals surface area contributed by atoms with Gasteiger partial charge in [-0.15, -0.1) is 0 Å². The Hall–Kier alpha value is -4.04. The van der Waals surface area contributed by atoms with Gasteiger partial charge in [0.2, 0.25) is 0 Å². The minimum atomic E-state index is -1.94. The summed E-state index contributed by atoms with van der Waals surface area (Å²) in [5.41, 5.74) is 1.16. The summed E-state index contributed by atoms with van der Waals surface area (Å²) in [4.78, 5) is 40.6. The Labute approximate surface area is 295 Å². The van der Waals surface area contributed by atoms with E-state index in [-0.39, 0.29) is 21.9 Å². The van der Waals surface area contributed by atoms with Crippen LogP contribution < -0.4 is 4.90 Å². The molecule has 1 aliphatic carbocycles. The summed E-state index contributed by atoms with van der Waals surface area (Å²) in [5.74, 6) is -11.1. The van der Waals surface area contributed by atoms with Gasteiger partial charge in [-0.25, -0.2) is 27.5 Å². The first-order valence-corrected chi connectivity index (χ1v) is 16.3. The smallest absolute Gasteiger partial charge is 0.264 e. The van der Waals surface area contributed by atoms with Crippen LogP contribution in [0.15, 0.2) is 63.5 Å². The highest BCUT2D eigenvalue weighted by molar-refractivity contribution is 6.36. The molecule has 9 nitrogen and oxygen atoms in total. The molecule has 252 valence electrons. The first kappa shape index (κ1) is 33.5. The van der Waals surface area contributed by atoms with Crippen molar-refractivity contribution in [3.63, 3.8) is 0 Å². The molecule has 3 aliphatic heterocycles. The molecular formula is C32H20Cl4F4N6O3. The van der Waals surface area contributed by atoms with Crippen LogP contribution in [-0.4, -0.2) is 52.1 Å². The van der Waals surface area contributed by atoms with Gasteiger partial charge in [0.25, 0.3) is 17.7 Å². The summed E-state index contributed by atoms with van der Waals surface area (Å²) in [7, 11) is 0. The Morgan fingerprint density at radius 3 is 2.22 bits per heavy atom. The molecule has 4 atom stereocenters. The Balaban J connectivity index is 1.22. The number of carbonyl (C=O) groups excluding carboxylic acids is 3. The van der Waals surface area contributed by atoms with Gasteiger partial charge in [-0.3, -0.25) is 19.4 Å². The third kappa shape index (κ3) is 5.66. The molecule has 3 amide bonds. The molecule has 0 bridgehead atoms. The Morgan fingerprint density at radius 2 is 1.55 bits per heavy atom. The zero-order chi connectivity index (χ0) is 34.9. The Kier molecular flexibility index (Phi) is 8.66. The lowest BCUT2D eigenvalue weighted by molar-refractivity contribution is -0.136. The number of benzene rings is 3. The van der Waals surface area contributed by atoms with Crippen LogP contribution in [0.1, 0.15) is 36.4 Å². The molecule has 0 spiro atoms. The molecule has 0 radical (unpaired) electrons. The van der Waals surface area contributed by atoms with Gasteiger partial charge in [0, 0.05) is 32.1 Å². The monoisotopic (exact) mass is 752 g/mol. The highest BCUT2D eigenvalue weighted by Crippen LogP contribution is 2.47. The third-order valence-electron chi connectivity index (χ3n) is 8.80. The summed E-state index contributed by atoms with van der Waals surface area (Å²) in [6, 6.07) is 5.91. The van der Waals surface area contributed by atoms with Gasteiger partial charge in [-0.2, -0.15) is 10.2 Å².